The lowest BCUT2D eigenvalue weighted by Crippen LogP contribution is -2.72. The Labute approximate surface area is 203 Å². The van der Waals surface area contributed by atoms with Crippen molar-refractivity contribution in [2.75, 3.05) is 5.73 Å². The molecule has 2 atom stereocenters. The molecule has 2 aliphatic heterocycles. The second-order valence-electron chi connectivity index (χ2n) is 6.78. The third kappa shape index (κ3) is 4.21. The third-order valence-corrected chi connectivity index (χ3v) is 7.51. The molecule has 0 aromatic carbocycles. The van der Waals surface area contributed by atoms with Crippen molar-refractivity contribution in [3.05, 3.63) is 38.9 Å². The maximum atomic E-state index is 12.8. The highest BCUT2D eigenvalue weighted by Gasteiger charge is 2.54. The van der Waals surface area contributed by atoms with Gasteiger partial charge in [-0.25, -0.2) is 4.79 Å². The van der Waals surface area contributed by atoms with Crippen molar-refractivity contribution in [3.8, 4) is 0 Å². The van der Waals surface area contributed by atoms with E-state index < -0.39 is 35.6 Å². The van der Waals surface area contributed by atoms with Crippen LogP contribution in [0.5, 0.6) is 0 Å². The average Bonchev–Trinajstić information content (AvgIpc) is 3.20. The lowest BCUT2D eigenvalue weighted by atomic mass is 9.86. The van der Waals surface area contributed by atoms with Crippen LogP contribution in [-0.2, 0) is 14.4 Å². The molecule has 33 heavy (non-hydrogen) atoms. The Morgan fingerprint density at radius 2 is 2.12 bits per heavy atom. The van der Waals surface area contributed by atoms with Crippen LogP contribution in [0.1, 0.15) is 18.7 Å². The minimum absolute atomic E-state index is 0.0633. The number of fused-ring (bicyclic) bond motifs is 1. The Bertz CT molecular complexity index is 1230. The van der Waals surface area contributed by atoms with E-state index in [1.54, 1.807) is 0 Å². The van der Waals surface area contributed by atoms with Crippen LogP contribution in [-0.4, -0.2) is 65.1 Å². The second-order valence-corrected chi connectivity index (χ2v) is 9.49. The molecule has 172 valence electrons. The summed E-state index contributed by atoms with van der Waals surface area (Å²) in [5.74, 6) is -3.01. The number of aromatic nitrogens is 3. The van der Waals surface area contributed by atoms with Gasteiger partial charge < -0.3 is 21.4 Å². The average molecular weight is 530 g/mol. The fraction of sp³-hybridized carbons (Fsp3) is 0.235. The van der Waals surface area contributed by atoms with Crippen LogP contribution < -0.4 is 11.1 Å². The van der Waals surface area contributed by atoms with E-state index in [4.69, 9.17) is 28.9 Å². The number of aliphatic carboxylic acids is 1. The fourth-order valence-electron chi connectivity index (χ4n) is 3.47. The van der Waals surface area contributed by atoms with E-state index >= 15 is 0 Å². The summed E-state index contributed by atoms with van der Waals surface area (Å²) in [5, 5.41) is 24.8. The Hall–Kier alpha value is -2.94. The summed E-state index contributed by atoms with van der Waals surface area (Å²) in [5.41, 5.74) is 4.77. The van der Waals surface area contributed by atoms with E-state index in [0.29, 0.717) is 22.6 Å². The largest absolute Gasteiger partial charge is 0.477 e. The highest BCUT2D eigenvalue weighted by molar-refractivity contribution is 8.03. The van der Waals surface area contributed by atoms with Crippen molar-refractivity contribution in [1.82, 2.24) is 24.6 Å². The SMILES string of the molecule is Nc1nc(/C(=N/O)C(=O)N[C@@H]2C(=O)N3C(C(=O)O)=C(Sc4cncc(Cl)c4Cl)CCC23)ns1. The van der Waals surface area contributed by atoms with E-state index in [0.717, 1.165) is 28.2 Å². The van der Waals surface area contributed by atoms with Gasteiger partial charge in [0.15, 0.2) is 5.13 Å². The highest BCUT2D eigenvalue weighted by Crippen LogP contribution is 2.45. The summed E-state index contributed by atoms with van der Waals surface area (Å²) >= 11 is 14.0. The molecule has 4 heterocycles. The molecule has 5 N–H and O–H groups in total. The topological polar surface area (TPSA) is 184 Å². The van der Waals surface area contributed by atoms with E-state index in [2.05, 4.69) is 24.8 Å². The first kappa shape index (κ1) is 23.2. The van der Waals surface area contributed by atoms with Crippen molar-refractivity contribution in [3.63, 3.8) is 0 Å². The van der Waals surface area contributed by atoms with Gasteiger partial charge in [-0.05, 0) is 12.8 Å². The lowest BCUT2D eigenvalue weighted by Gasteiger charge is -2.50. The van der Waals surface area contributed by atoms with E-state index in [-0.39, 0.29) is 26.7 Å². The number of nitrogens with zero attached hydrogens (tertiary/aromatic N) is 5. The number of pyridine rings is 1. The van der Waals surface area contributed by atoms with Gasteiger partial charge in [-0.2, -0.15) is 9.36 Å². The number of hydrogen-bond acceptors (Lipinski definition) is 11. The van der Waals surface area contributed by atoms with Gasteiger partial charge in [-0.15, -0.1) is 0 Å². The molecule has 1 fully saturated rings. The van der Waals surface area contributed by atoms with Crippen LogP contribution in [0.25, 0.3) is 0 Å². The van der Waals surface area contributed by atoms with Gasteiger partial charge in [0.2, 0.25) is 11.5 Å². The van der Waals surface area contributed by atoms with Gasteiger partial charge >= 0.3 is 5.97 Å². The van der Waals surface area contributed by atoms with Crippen molar-refractivity contribution in [2.24, 2.45) is 5.16 Å². The van der Waals surface area contributed by atoms with E-state index in [1.807, 2.05) is 0 Å². The summed E-state index contributed by atoms with van der Waals surface area (Å²) < 4.78 is 3.80. The van der Waals surface area contributed by atoms with E-state index in [9.17, 15) is 24.7 Å². The number of allylic oxidation sites excluding steroid dienone is 1. The summed E-state index contributed by atoms with van der Waals surface area (Å²) in [6.07, 6.45) is 3.49. The van der Waals surface area contributed by atoms with Crippen LogP contribution in [0.3, 0.4) is 0 Å². The van der Waals surface area contributed by atoms with Crippen molar-refractivity contribution < 1.29 is 24.7 Å². The number of β-lactam (4-membered cyclic amide) rings is 1. The first-order valence-electron chi connectivity index (χ1n) is 9.11. The first-order chi connectivity index (χ1) is 15.7. The van der Waals surface area contributed by atoms with Crippen LogP contribution in [0.15, 0.2) is 33.0 Å². The third-order valence-electron chi connectivity index (χ3n) is 4.89. The Balaban J connectivity index is 1.55. The highest BCUT2D eigenvalue weighted by atomic mass is 35.5. The Kier molecular flexibility index (Phi) is 6.43. The van der Waals surface area contributed by atoms with Crippen LogP contribution in [0.4, 0.5) is 5.13 Å². The molecule has 16 heteroatoms. The van der Waals surface area contributed by atoms with Gasteiger partial charge in [-0.3, -0.25) is 19.5 Å². The number of anilines is 1. The first-order valence-corrected chi connectivity index (χ1v) is 11.5. The maximum Gasteiger partial charge on any atom is 0.353 e. The monoisotopic (exact) mass is 529 g/mol. The maximum absolute atomic E-state index is 12.8. The minimum atomic E-state index is -1.30. The molecule has 1 saturated heterocycles. The van der Waals surface area contributed by atoms with Gasteiger partial charge in [-0.1, -0.05) is 40.1 Å². The number of nitrogen functional groups attached to an aromatic ring is 1. The molecule has 4 rings (SSSR count). The minimum Gasteiger partial charge on any atom is -0.477 e. The summed E-state index contributed by atoms with van der Waals surface area (Å²) in [7, 11) is 0. The number of nitrogens with two attached hydrogens (primary N) is 1. The predicted octanol–water partition coefficient (Wildman–Crippen LogP) is 1.58. The van der Waals surface area contributed by atoms with Crippen LogP contribution >= 0.6 is 46.5 Å². The molecule has 2 aromatic heterocycles. The normalized spacial score (nSPS) is 20.4. The number of carboxylic acids is 1. The van der Waals surface area contributed by atoms with Crippen molar-refractivity contribution >= 4 is 75.1 Å². The zero-order valence-corrected chi connectivity index (χ0v) is 19.4. The number of amides is 2. The number of nitrogens with one attached hydrogen (secondary N) is 1. The number of hydrogen-bond donors (Lipinski definition) is 4. The fourth-order valence-corrected chi connectivity index (χ4v) is 5.41. The Morgan fingerprint density at radius 1 is 1.36 bits per heavy atom. The quantitative estimate of drug-likeness (QED) is 0.185. The summed E-state index contributed by atoms with van der Waals surface area (Å²) in [6, 6.07) is -1.61. The number of rotatable bonds is 6. The lowest BCUT2D eigenvalue weighted by molar-refractivity contribution is -0.155. The van der Waals surface area contributed by atoms with Gasteiger partial charge in [0.25, 0.3) is 11.8 Å². The standard InChI is InChI=1S/C17H13Cl2N7O5S2/c18-5-3-21-4-8(9(5)19)32-7-2-1-6-10(15(28)26(6)12(7)16(29)30)22-14(27)11(24-31)13-23-17(20)33-25-13/h3-4,6,10,31H,1-2H2,(H,22,27)(H,29,30)(H2,20,23,25)/b24-11-/t6?,10-/m0/s1. The smallest absolute Gasteiger partial charge is 0.353 e. The number of halogens is 2. The molecule has 0 aliphatic carbocycles. The van der Waals surface area contributed by atoms with E-state index in [1.165, 1.54) is 12.4 Å². The molecule has 2 aliphatic rings. The predicted molar refractivity (Wildman–Crippen MR) is 119 cm³/mol. The number of carbonyl (C=O) groups excluding carboxylic acids is 2. The molecule has 2 aromatic rings. The molecule has 0 saturated carbocycles. The summed E-state index contributed by atoms with van der Waals surface area (Å²) in [4.78, 5) is 47.1. The van der Waals surface area contributed by atoms with Gasteiger partial charge in [0.1, 0.15) is 11.7 Å². The van der Waals surface area contributed by atoms with Gasteiger partial charge in [0, 0.05) is 28.8 Å². The number of carboxylic acid groups (broad SMARTS) is 1. The molecule has 2 amide bonds. The van der Waals surface area contributed by atoms with Gasteiger partial charge in [0.05, 0.1) is 21.0 Å². The molecule has 0 bridgehead atoms. The zero-order valence-electron chi connectivity index (χ0n) is 16.2. The zero-order chi connectivity index (χ0) is 23.9. The molecule has 0 radical (unpaired) electrons. The van der Waals surface area contributed by atoms with Crippen molar-refractivity contribution in [2.45, 2.75) is 29.8 Å². The van der Waals surface area contributed by atoms with Crippen LogP contribution in [0.2, 0.25) is 10.0 Å². The summed E-state index contributed by atoms with van der Waals surface area (Å²) in [6.45, 7) is 0. The molecular formula is C17H13Cl2N7O5S2. The van der Waals surface area contributed by atoms with Crippen LogP contribution in [0, 0.1) is 0 Å². The molecule has 1 unspecified atom stereocenters. The Morgan fingerprint density at radius 3 is 2.76 bits per heavy atom. The van der Waals surface area contributed by atoms with Crippen molar-refractivity contribution in [1.29, 1.82) is 0 Å². The second kappa shape index (κ2) is 9.13. The molecule has 12 nitrogen and oxygen atoms in total. The number of thioether (sulfide) groups is 1. The molecular weight excluding hydrogens is 517 g/mol. The molecule has 0 spiro atoms. The number of oxime groups is 1. The number of carbonyl (C=O) groups is 3.